The fourth-order valence-electron chi connectivity index (χ4n) is 2.33. The first-order valence-electron chi connectivity index (χ1n) is 6.38. The standard InChI is InChI=1S/C12H24N2O2/c13-8-3-1-2-7-12(16)14-11-6-4-5-10(11)9-15/h10-11,15H,1-9,13H2,(H,14,16). The SMILES string of the molecule is NCCCCCC(=O)NC1CCCC1CO. The lowest BCUT2D eigenvalue weighted by Crippen LogP contribution is -2.38. The molecule has 0 spiro atoms. The summed E-state index contributed by atoms with van der Waals surface area (Å²) in [6, 6.07) is 0.201. The van der Waals surface area contributed by atoms with E-state index in [1.54, 1.807) is 0 Å². The third kappa shape index (κ3) is 4.49. The van der Waals surface area contributed by atoms with E-state index in [4.69, 9.17) is 10.8 Å². The number of aliphatic hydroxyl groups excluding tert-OH is 1. The van der Waals surface area contributed by atoms with Gasteiger partial charge in [0.05, 0.1) is 0 Å². The number of hydrogen-bond acceptors (Lipinski definition) is 3. The zero-order valence-corrected chi connectivity index (χ0v) is 9.95. The number of carbonyl (C=O) groups is 1. The lowest BCUT2D eigenvalue weighted by molar-refractivity contribution is -0.122. The minimum Gasteiger partial charge on any atom is -0.396 e. The Labute approximate surface area is 97.6 Å². The van der Waals surface area contributed by atoms with Crippen LogP contribution < -0.4 is 11.1 Å². The number of hydrogen-bond donors (Lipinski definition) is 3. The molecule has 1 rings (SSSR count). The Morgan fingerprint density at radius 3 is 2.81 bits per heavy atom. The van der Waals surface area contributed by atoms with Gasteiger partial charge in [-0.25, -0.2) is 0 Å². The minimum atomic E-state index is 0.127. The van der Waals surface area contributed by atoms with Crippen LogP contribution >= 0.6 is 0 Å². The summed E-state index contributed by atoms with van der Waals surface area (Å²) in [6.07, 6.45) is 6.69. The summed E-state index contributed by atoms with van der Waals surface area (Å²) < 4.78 is 0. The lowest BCUT2D eigenvalue weighted by Gasteiger charge is -2.18. The van der Waals surface area contributed by atoms with Gasteiger partial charge >= 0.3 is 0 Å². The second-order valence-electron chi connectivity index (χ2n) is 4.65. The molecule has 0 bridgehead atoms. The number of nitrogens with two attached hydrogens (primary N) is 1. The van der Waals surface area contributed by atoms with Crippen molar-refractivity contribution in [2.75, 3.05) is 13.2 Å². The molecule has 4 nitrogen and oxygen atoms in total. The maximum absolute atomic E-state index is 11.6. The summed E-state index contributed by atoms with van der Waals surface area (Å²) in [5.74, 6) is 0.398. The normalized spacial score (nSPS) is 24.6. The molecule has 2 atom stereocenters. The fraction of sp³-hybridized carbons (Fsp3) is 0.917. The molecular weight excluding hydrogens is 204 g/mol. The van der Waals surface area contributed by atoms with Crippen LogP contribution in [0.2, 0.25) is 0 Å². The molecule has 4 N–H and O–H groups in total. The van der Waals surface area contributed by atoms with Crippen LogP contribution in [0.1, 0.15) is 44.9 Å². The van der Waals surface area contributed by atoms with E-state index in [2.05, 4.69) is 5.32 Å². The Hall–Kier alpha value is -0.610. The van der Waals surface area contributed by atoms with E-state index in [0.717, 1.165) is 38.5 Å². The predicted molar refractivity (Wildman–Crippen MR) is 63.9 cm³/mol. The second-order valence-corrected chi connectivity index (χ2v) is 4.65. The van der Waals surface area contributed by atoms with Crippen LogP contribution in [0.15, 0.2) is 0 Å². The van der Waals surface area contributed by atoms with Gasteiger partial charge in [0.2, 0.25) is 5.91 Å². The van der Waals surface area contributed by atoms with Gasteiger partial charge in [0.15, 0.2) is 0 Å². The first-order valence-corrected chi connectivity index (χ1v) is 6.38. The monoisotopic (exact) mass is 228 g/mol. The van der Waals surface area contributed by atoms with Gasteiger partial charge in [0.1, 0.15) is 0 Å². The van der Waals surface area contributed by atoms with E-state index in [1.807, 2.05) is 0 Å². The van der Waals surface area contributed by atoms with Gasteiger partial charge in [-0.1, -0.05) is 12.8 Å². The highest BCUT2D eigenvalue weighted by atomic mass is 16.3. The number of aliphatic hydroxyl groups is 1. The second kappa shape index (κ2) is 7.63. The number of nitrogens with one attached hydrogen (secondary N) is 1. The van der Waals surface area contributed by atoms with Crippen molar-refractivity contribution in [1.82, 2.24) is 5.32 Å². The molecule has 1 fully saturated rings. The third-order valence-corrected chi connectivity index (χ3v) is 3.35. The van der Waals surface area contributed by atoms with Crippen LogP contribution in [0, 0.1) is 5.92 Å². The number of carbonyl (C=O) groups excluding carboxylic acids is 1. The van der Waals surface area contributed by atoms with Gasteiger partial charge in [-0.15, -0.1) is 0 Å². The number of amides is 1. The summed E-state index contributed by atoms with van der Waals surface area (Å²) in [6.45, 7) is 0.898. The molecular formula is C12H24N2O2. The largest absolute Gasteiger partial charge is 0.396 e. The van der Waals surface area contributed by atoms with Crippen molar-refractivity contribution >= 4 is 5.91 Å². The van der Waals surface area contributed by atoms with E-state index in [1.165, 1.54) is 0 Å². The van der Waals surface area contributed by atoms with Crippen molar-refractivity contribution in [3.05, 3.63) is 0 Å². The van der Waals surface area contributed by atoms with Gasteiger partial charge in [-0.05, 0) is 32.2 Å². The van der Waals surface area contributed by atoms with Crippen LogP contribution in [-0.2, 0) is 4.79 Å². The highest BCUT2D eigenvalue weighted by Crippen LogP contribution is 2.25. The average Bonchev–Trinajstić information content (AvgIpc) is 2.71. The molecule has 16 heavy (non-hydrogen) atoms. The Morgan fingerprint density at radius 1 is 1.31 bits per heavy atom. The summed E-state index contributed by atoms with van der Waals surface area (Å²) in [5, 5.41) is 12.2. The first-order chi connectivity index (χ1) is 7.77. The third-order valence-electron chi connectivity index (χ3n) is 3.35. The maximum atomic E-state index is 11.6. The molecule has 1 saturated carbocycles. The minimum absolute atomic E-state index is 0.127. The molecule has 0 saturated heterocycles. The molecule has 0 heterocycles. The highest BCUT2D eigenvalue weighted by Gasteiger charge is 2.27. The summed E-state index contributed by atoms with van der Waals surface area (Å²) >= 11 is 0. The Balaban J connectivity index is 2.13. The molecule has 0 aromatic heterocycles. The van der Waals surface area contributed by atoms with Gasteiger partial charge in [-0.2, -0.15) is 0 Å². The van der Waals surface area contributed by atoms with E-state index >= 15 is 0 Å². The van der Waals surface area contributed by atoms with Gasteiger partial charge in [0.25, 0.3) is 0 Å². The van der Waals surface area contributed by atoms with Crippen LogP contribution in [0.3, 0.4) is 0 Å². The smallest absolute Gasteiger partial charge is 0.220 e. The molecule has 1 aliphatic carbocycles. The zero-order valence-electron chi connectivity index (χ0n) is 9.95. The molecule has 4 heteroatoms. The van der Waals surface area contributed by atoms with E-state index < -0.39 is 0 Å². The Morgan fingerprint density at radius 2 is 2.12 bits per heavy atom. The lowest BCUT2D eigenvalue weighted by atomic mass is 10.0. The first kappa shape index (κ1) is 13.5. The van der Waals surface area contributed by atoms with Crippen LogP contribution in [-0.4, -0.2) is 30.2 Å². The van der Waals surface area contributed by atoms with Gasteiger partial charge in [0, 0.05) is 25.0 Å². The van der Waals surface area contributed by atoms with Crippen molar-refractivity contribution in [2.45, 2.75) is 51.0 Å². The molecule has 2 unspecified atom stereocenters. The number of rotatable bonds is 7. The Bertz CT molecular complexity index is 209. The molecule has 1 aliphatic rings. The van der Waals surface area contributed by atoms with Crippen molar-refractivity contribution in [3.63, 3.8) is 0 Å². The maximum Gasteiger partial charge on any atom is 0.220 e. The van der Waals surface area contributed by atoms with Crippen LogP contribution in [0.25, 0.3) is 0 Å². The van der Waals surface area contributed by atoms with Crippen LogP contribution in [0.5, 0.6) is 0 Å². The quantitative estimate of drug-likeness (QED) is 0.564. The molecule has 0 aliphatic heterocycles. The summed E-state index contributed by atoms with van der Waals surface area (Å²) in [7, 11) is 0. The topological polar surface area (TPSA) is 75.4 Å². The molecule has 1 amide bonds. The van der Waals surface area contributed by atoms with Gasteiger partial charge < -0.3 is 16.2 Å². The predicted octanol–water partition coefficient (Wildman–Crippen LogP) is 0.783. The van der Waals surface area contributed by atoms with Crippen molar-refractivity contribution in [1.29, 1.82) is 0 Å². The highest BCUT2D eigenvalue weighted by molar-refractivity contribution is 5.76. The fourth-order valence-corrected chi connectivity index (χ4v) is 2.33. The van der Waals surface area contributed by atoms with E-state index in [-0.39, 0.29) is 24.5 Å². The Kier molecular flexibility index (Phi) is 6.42. The van der Waals surface area contributed by atoms with Crippen molar-refractivity contribution in [2.24, 2.45) is 11.7 Å². The number of unbranched alkanes of at least 4 members (excludes halogenated alkanes) is 2. The molecule has 0 aromatic carbocycles. The van der Waals surface area contributed by atoms with E-state index in [0.29, 0.717) is 13.0 Å². The average molecular weight is 228 g/mol. The summed E-state index contributed by atoms with van der Waals surface area (Å²) in [5.41, 5.74) is 5.39. The molecule has 94 valence electrons. The summed E-state index contributed by atoms with van der Waals surface area (Å²) in [4.78, 5) is 11.6. The van der Waals surface area contributed by atoms with Crippen molar-refractivity contribution in [3.8, 4) is 0 Å². The molecule has 0 radical (unpaired) electrons. The zero-order chi connectivity index (χ0) is 11.8. The van der Waals surface area contributed by atoms with Gasteiger partial charge in [-0.3, -0.25) is 4.79 Å². The van der Waals surface area contributed by atoms with Crippen molar-refractivity contribution < 1.29 is 9.90 Å². The van der Waals surface area contributed by atoms with Crippen LogP contribution in [0.4, 0.5) is 0 Å². The van der Waals surface area contributed by atoms with E-state index in [9.17, 15) is 4.79 Å². The molecule has 0 aromatic rings.